The molecule has 0 unspecified atom stereocenters. The fourth-order valence-electron chi connectivity index (χ4n) is 3.11. The Kier molecular flexibility index (Phi) is 9.97. The summed E-state index contributed by atoms with van der Waals surface area (Å²) in [5.41, 5.74) is 1.28. The third kappa shape index (κ3) is 7.30. The highest BCUT2D eigenvalue weighted by molar-refractivity contribution is 7.98. The highest BCUT2D eigenvalue weighted by Crippen LogP contribution is 2.35. The second kappa shape index (κ2) is 12.7. The normalized spacial score (nSPS) is 11.3. The molecule has 180 valence electrons. The molecule has 3 aromatic rings. The Bertz CT molecular complexity index is 1230. The summed E-state index contributed by atoms with van der Waals surface area (Å²) in [6.07, 6.45) is 0.736. The van der Waals surface area contributed by atoms with Gasteiger partial charge in [-0.15, -0.1) is 0 Å². The van der Waals surface area contributed by atoms with Gasteiger partial charge in [-0.1, -0.05) is 71.2 Å². The average molecular weight is 558 g/mol. The van der Waals surface area contributed by atoms with E-state index in [0.29, 0.717) is 11.6 Å². The topological polar surface area (TPSA) is 66.5 Å². The molecule has 3 rings (SSSR count). The van der Waals surface area contributed by atoms with Crippen molar-refractivity contribution in [2.45, 2.75) is 17.1 Å². The minimum Gasteiger partial charge on any atom is -0.354 e. The molecule has 0 saturated heterocycles. The first-order valence-corrected chi connectivity index (χ1v) is 14.1. The monoisotopic (exact) mass is 556 g/mol. The van der Waals surface area contributed by atoms with Crippen LogP contribution in [0.5, 0.6) is 0 Å². The van der Waals surface area contributed by atoms with Crippen molar-refractivity contribution in [1.29, 1.82) is 0 Å². The zero-order valence-corrected chi connectivity index (χ0v) is 22.0. The third-order valence-corrected chi connectivity index (χ3v) is 8.70. The number of amides is 1. The molecule has 0 radical (unpaired) electrons. The minimum absolute atomic E-state index is 0.0521. The highest BCUT2D eigenvalue weighted by Gasteiger charge is 2.29. The van der Waals surface area contributed by atoms with E-state index in [1.54, 1.807) is 42.1 Å². The lowest BCUT2D eigenvalue weighted by atomic mass is 10.2. The van der Waals surface area contributed by atoms with Gasteiger partial charge in [0.25, 0.3) is 10.0 Å². The van der Waals surface area contributed by atoms with Crippen LogP contribution in [0.25, 0.3) is 0 Å². The number of hydrogen-bond donors (Lipinski definition) is 1. The molecular weight excluding hydrogens is 535 g/mol. The van der Waals surface area contributed by atoms with Gasteiger partial charge in [0, 0.05) is 17.3 Å². The molecule has 5 nitrogen and oxygen atoms in total. The predicted molar refractivity (Wildman–Crippen MR) is 143 cm³/mol. The molecule has 0 heterocycles. The van der Waals surface area contributed by atoms with Crippen LogP contribution in [0.3, 0.4) is 0 Å². The van der Waals surface area contributed by atoms with E-state index in [1.807, 2.05) is 24.3 Å². The van der Waals surface area contributed by atoms with Gasteiger partial charge in [0.15, 0.2) is 0 Å². The summed E-state index contributed by atoms with van der Waals surface area (Å²) in [6, 6.07) is 20.3. The summed E-state index contributed by atoms with van der Waals surface area (Å²) >= 11 is 20.2. The van der Waals surface area contributed by atoms with E-state index >= 15 is 0 Å². The van der Waals surface area contributed by atoms with Gasteiger partial charge in [-0.05, 0) is 54.1 Å². The predicted octanol–water partition coefficient (Wildman–Crippen LogP) is 6.28. The lowest BCUT2D eigenvalue weighted by molar-refractivity contribution is -0.119. The van der Waals surface area contributed by atoms with Crippen LogP contribution in [-0.2, 0) is 20.6 Å². The minimum atomic E-state index is -4.05. The molecule has 34 heavy (non-hydrogen) atoms. The number of rotatable bonds is 11. The lowest BCUT2D eigenvalue weighted by Gasteiger charge is -2.25. The molecule has 0 bridgehead atoms. The van der Waals surface area contributed by atoms with Crippen molar-refractivity contribution in [3.8, 4) is 0 Å². The van der Waals surface area contributed by atoms with Gasteiger partial charge in [-0.25, -0.2) is 8.42 Å². The number of thioether (sulfide) groups is 1. The zero-order valence-electron chi connectivity index (χ0n) is 18.1. The maximum absolute atomic E-state index is 13.3. The molecule has 1 N–H and O–H groups in total. The van der Waals surface area contributed by atoms with Gasteiger partial charge in [0.05, 0.1) is 20.6 Å². The summed E-state index contributed by atoms with van der Waals surface area (Å²) in [5, 5.41) is 3.76. The van der Waals surface area contributed by atoms with Crippen LogP contribution in [-0.4, -0.2) is 33.2 Å². The number of anilines is 1. The van der Waals surface area contributed by atoms with Gasteiger partial charge in [0.1, 0.15) is 6.54 Å². The average Bonchev–Trinajstić information content (AvgIpc) is 2.82. The largest absolute Gasteiger partial charge is 0.354 e. The first kappa shape index (κ1) is 26.7. The summed E-state index contributed by atoms with van der Waals surface area (Å²) in [4.78, 5) is 12.7. The van der Waals surface area contributed by atoms with Crippen LogP contribution in [0.4, 0.5) is 5.69 Å². The molecule has 0 saturated carbocycles. The SMILES string of the molecule is O=C(CN(c1cccc(Cl)c1Cl)S(=O)(=O)c1ccccc1)NCCCSCc1cccc(Cl)c1. The van der Waals surface area contributed by atoms with Crippen molar-refractivity contribution < 1.29 is 13.2 Å². The van der Waals surface area contributed by atoms with Crippen LogP contribution < -0.4 is 9.62 Å². The Labute approximate surface area is 219 Å². The van der Waals surface area contributed by atoms with E-state index in [4.69, 9.17) is 34.8 Å². The first-order valence-electron chi connectivity index (χ1n) is 10.4. The molecule has 10 heteroatoms. The molecule has 0 aliphatic rings. The van der Waals surface area contributed by atoms with Crippen molar-refractivity contribution in [3.63, 3.8) is 0 Å². The quantitative estimate of drug-likeness (QED) is 0.282. The van der Waals surface area contributed by atoms with Crippen LogP contribution >= 0.6 is 46.6 Å². The van der Waals surface area contributed by atoms with E-state index in [1.165, 1.54) is 18.2 Å². The number of carbonyl (C=O) groups is 1. The Morgan fingerprint density at radius 2 is 1.68 bits per heavy atom. The summed E-state index contributed by atoms with van der Waals surface area (Å²) in [5.74, 6) is 1.22. The van der Waals surface area contributed by atoms with E-state index in [9.17, 15) is 13.2 Å². The number of hydrogen-bond acceptors (Lipinski definition) is 4. The number of nitrogens with zero attached hydrogens (tertiary/aromatic N) is 1. The summed E-state index contributed by atoms with van der Waals surface area (Å²) < 4.78 is 27.7. The van der Waals surface area contributed by atoms with Crippen LogP contribution in [0, 0.1) is 0 Å². The Morgan fingerprint density at radius 3 is 2.41 bits per heavy atom. The van der Waals surface area contributed by atoms with E-state index < -0.39 is 22.5 Å². The van der Waals surface area contributed by atoms with E-state index in [2.05, 4.69) is 5.32 Å². The molecule has 3 aromatic carbocycles. The van der Waals surface area contributed by atoms with Crippen molar-refractivity contribution in [1.82, 2.24) is 5.32 Å². The van der Waals surface area contributed by atoms with Crippen molar-refractivity contribution in [2.24, 2.45) is 0 Å². The number of carbonyl (C=O) groups excluding carboxylic acids is 1. The second-order valence-corrected chi connectivity index (χ2v) is 11.5. The first-order chi connectivity index (χ1) is 16.3. The molecule has 0 atom stereocenters. The molecule has 0 fully saturated rings. The second-order valence-electron chi connectivity index (χ2n) is 7.28. The van der Waals surface area contributed by atoms with Gasteiger partial charge < -0.3 is 5.32 Å². The Morgan fingerprint density at radius 1 is 0.941 bits per heavy atom. The Balaban J connectivity index is 1.61. The van der Waals surface area contributed by atoms with E-state index in [0.717, 1.165) is 27.8 Å². The molecule has 0 spiro atoms. The van der Waals surface area contributed by atoms with Crippen molar-refractivity contribution in [2.75, 3.05) is 23.1 Å². The molecular formula is C24H23Cl3N2O3S2. The van der Waals surface area contributed by atoms with E-state index in [-0.39, 0.29) is 20.6 Å². The Hall–Kier alpha value is -1.90. The molecule has 0 aromatic heterocycles. The fourth-order valence-corrected chi connectivity index (χ4v) is 6.13. The zero-order chi connectivity index (χ0) is 24.6. The third-order valence-electron chi connectivity index (χ3n) is 4.76. The number of sulfonamides is 1. The molecule has 0 aliphatic heterocycles. The van der Waals surface area contributed by atoms with Gasteiger partial charge in [-0.2, -0.15) is 11.8 Å². The maximum Gasteiger partial charge on any atom is 0.264 e. The number of halogens is 3. The van der Waals surface area contributed by atoms with Gasteiger partial charge in [-0.3, -0.25) is 9.10 Å². The smallest absolute Gasteiger partial charge is 0.264 e. The summed E-state index contributed by atoms with van der Waals surface area (Å²) in [7, 11) is -4.05. The number of benzene rings is 3. The summed E-state index contributed by atoms with van der Waals surface area (Å²) in [6.45, 7) is -0.00315. The fraction of sp³-hybridized carbons (Fsp3) is 0.208. The van der Waals surface area contributed by atoms with Gasteiger partial charge in [0.2, 0.25) is 5.91 Å². The van der Waals surface area contributed by atoms with Crippen molar-refractivity contribution in [3.05, 3.63) is 93.4 Å². The lowest BCUT2D eigenvalue weighted by Crippen LogP contribution is -2.41. The van der Waals surface area contributed by atoms with Crippen LogP contribution in [0.1, 0.15) is 12.0 Å². The van der Waals surface area contributed by atoms with Crippen LogP contribution in [0.15, 0.2) is 77.7 Å². The standard InChI is InChI=1S/C24H23Cl3N2O3S2/c25-19-8-4-7-18(15-19)17-33-14-6-13-28-23(30)16-29(22-12-5-11-21(26)24(22)27)34(31,32)20-9-2-1-3-10-20/h1-5,7-12,15H,6,13-14,16-17H2,(H,28,30). The molecule has 0 aliphatic carbocycles. The van der Waals surface area contributed by atoms with Crippen LogP contribution in [0.2, 0.25) is 15.1 Å². The van der Waals surface area contributed by atoms with Gasteiger partial charge >= 0.3 is 0 Å². The molecule has 1 amide bonds. The number of nitrogens with one attached hydrogen (secondary N) is 1. The van der Waals surface area contributed by atoms with Crippen molar-refractivity contribution >= 4 is 68.2 Å². The highest BCUT2D eigenvalue weighted by atomic mass is 35.5. The maximum atomic E-state index is 13.3.